The van der Waals surface area contributed by atoms with Gasteiger partial charge in [-0.15, -0.1) is 0 Å². The molecular formula is C15H23NO3S. The van der Waals surface area contributed by atoms with Gasteiger partial charge in [-0.25, -0.2) is 0 Å². The summed E-state index contributed by atoms with van der Waals surface area (Å²) in [6.45, 7) is 4.34. The average molecular weight is 297 g/mol. The van der Waals surface area contributed by atoms with E-state index in [9.17, 15) is 4.79 Å². The molecule has 0 spiro atoms. The van der Waals surface area contributed by atoms with Crippen LogP contribution in [0.2, 0.25) is 0 Å². The van der Waals surface area contributed by atoms with Crippen molar-refractivity contribution in [3.63, 3.8) is 0 Å². The first-order valence-corrected chi connectivity index (χ1v) is 8.62. The van der Waals surface area contributed by atoms with E-state index in [1.807, 2.05) is 17.2 Å². The lowest BCUT2D eigenvalue weighted by atomic mass is 10.1. The second kappa shape index (κ2) is 7.74. The van der Waals surface area contributed by atoms with Crippen LogP contribution in [0.3, 0.4) is 0 Å². The summed E-state index contributed by atoms with van der Waals surface area (Å²) < 4.78 is 11.4. The molecule has 1 aliphatic heterocycles. The van der Waals surface area contributed by atoms with Crippen LogP contribution < -0.4 is 0 Å². The zero-order chi connectivity index (χ0) is 14.4. The molecule has 2 heterocycles. The number of ether oxygens (including phenoxy) is 1. The van der Waals surface area contributed by atoms with Crippen LogP contribution in [-0.2, 0) is 10.5 Å². The molecule has 0 saturated carbocycles. The van der Waals surface area contributed by atoms with Crippen molar-refractivity contribution in [2.24, 2.45) is 0 Å². The molecule has 1 saturated heterocycles. The largest absolute Gasteiger partial charge is 0.455 e. The van der Waals surface area contributed by atoms with Crippen molar-refractivity contribution in [2.45, 2.75) is 38.0 Å². The molecule has 0 radical (unpaired) electrons. The highest BCUT2D eigenvalue weighted by molar-refractivity contribution is 7.97. The number of nitrogens with zero attached hydrogens (tertiary/aromatic N) is 1. The lowest BCUT2D eigenvalue weighted by Gasteiger charge is -2.32. The molecule has 0 N–H and O–H groups in total. The molecular weight excluding hydrogens is 274 g/mol. The molecule has 0 aromatic carbocycles. The minimum atomic E-state index is -0.0119. The van der Waals surface area contributed by atoms with Gasteiger partial charge in [0.25, 0.3) is 5.91 Å². The Morgan fingerprint density at radius 2 is 2.40 bits per heavy atom. The lowest BCUT2D eigenvalue weighted by Crippen LogP contribution is -2.43. The Hall–Kier alpha value is -0.940. The van der Waals surface area contributed by atoms with Gasteiger partial charge in [-0.2, -0.15) is 11.8 Å². The van der Waals surface area contributed by atoms with E-state index in [1.165, 1.54) is 0 Å². The number of thioether (sulfide) groups is 1. The molecule has 0 bridgehead atoms. The van der Waals surface area contributed by atoms with Crippen molar-refractivity contribution in [1.29, 1.82) is 0 Å². The first kappa shape index (κ1) is 15.4. The SMILES string of the molecule is CCCO[C@H]1CCCN(C(=O)c2ccc(CSC)o2)C1. The lowest BCUT2D eigenvalue weighted by molar-refractivity contribution is 0.00112. The van der Waals surface area contributed by atoms with Crippen LogP contribution in [0.1, 0.15) is 42.5 Å². The number of rotatable bonds is 6. The maximum Gasteiger partial charge on any atom is 0.289 e. The highest BCUT2D eigenvalue weighted by Crippen LogP contribution is 2.19. The quantitative estimate of drug-likeness (QED) is 0.809. The fourth-order valence-electron chi connectivity index (χ4n) is 2.41. The van der Waals surface area contributed by atoms with Crippen molar-refractivity contribution >= 4 is 17.7 Å². The zero-order valence-corrected chi connectivity index (χ0v) is 13.1. The van der Waals surface area contributed by atoms with E-state index in [1.54, 1.807) is 17.8 Å². The summed E-state index contributed by atoms with van der Waals surface area (Å²) in [7, 11) is 0. The zero-order valence-electron chi connectivity index (χ0n) is 12.3. The number of carbonyl (C=O) groups excluding carboxylic acids is 1. The highest BCUT2D eigenvalue weighted by atomic mass is 32.2. The predicted molar refractivity (Wildman–Crippen MR) is 81.1 cm³/mol. The summed E-state index contributed by atoms with van der Waals surface area (Å²) >= 11 is 1.69. The molecule has 1 aliphatic rings. The number of hydrogen-bond acceptors (Lipinski definition) is 4. The Bertz CT molecular complexity index is 433. The first-order valence-electron chi connectivity index (χ1n) is 7.23. The van der Waals surface area contributed by atoms with Gasteiger partial charge in [-0.1, -0.05) is 6.92 Å². The topological polar surface area (TPSA) is 42.7 Å². The average Bonchev–Trinajstić information content (AvgIpc) is 2.93. The van der Waals surface area contributed by atoms with Crippen molar-refractivity contribution < 1.29 is 13.9 Å². The van der Waals surface area contributed by atoms with Gasteiger partial charge < -0.3 is 14.1 Å². The summed E-state index contributed by atoms with van der Waals surface area (Å²) in [5.41, 5.74) is 0. The smallest absolute Gasteiger partial charge is 0.289 e. The van der Waals surface area contributed by atoms with Gasteiger partial charge in [0, 0.05) is 19.7 Å². The molecule has 2 rings (SSSR count). The van der Waals surface area contributed by atoms with Gasteiger partial charge >= 0.3 is 0 Å². The van der Waals surface area contributed by atoms with Crippen LogP contribution in [0, 0.1) is 0 Å². The molecule has 4 nitrogen and oxygen atoms in total. The van der Waals surface area contributed by atoms with E-state index in [2.05, 4.69) is 6.92 Å². The van der Waals surface area contributed by atoms with Gasteiger partial charge in [0.15, 0.2) is 5.76 Å². The Balaban J connectivity index is 1.93. The molecule has 1 fully saturated rings. The number of hydrogen-bond donors (Lipinski definition) is 0. The number of amides is 1. The maximum atomic E-state index is 12.4. The van der Waals surface area contributed by atoms with Crippen molar-refractivity contribution in [1.82, 2.24) is 4.90 Å². The fourth-order valence-corrected chi connectivity index (χ4v) is 2.85. The molecule has 0 unspecified atom stereocenters. The van der Waals surface area contributed by atoms with Gasteiger partial charge in [0.2, 0.25) is 0 Å². The Labute approximate surface area is 124 Å². The minimum Gasteiger partial charge on any atom is -0.455 e. The van der Waals surface area contributed by atoms with Crippen LogP contribution in [0.4, 0.5) is 0 Å². The van der Waals surface area contributed by atoms with Crippen molar-refractivity contribution in [3.05, 3.63) is 23.7 Å². The van der Waals surface area contributed by atoms with E-state index in [0.717, 1.165) is 43.9 Å². The molecule has 1 atom stereocenters. The normalized spacial score (nSPS) is 19.3. The first-order chi connectivity index (χ1) is 9.74. The van der Waals surface area contributed by atoms with E-state index in [-0.39, 0.29) is 12.0 Å². The number of carbonyl (C=O) groups is 1. The monoisotopic (exact) mass is 297 g/mol. The van der Waals surface area contributed by atoms with Gasteiger partial charge in [-0.05, 0) is 37.7 Å². The fraction of sp³-hybridized carbons (Fsp3) is 0.667. The molecule has 5 heteroatoms. The second-order valence-electron chi connectivity index (χ2n) is 5.09. The summed E-state index contributed by atoms with van der Waals surface area (Å²) in [5.74, 6) is 2.10. The standard InChI is InChI=1S/C15H23NO3S/c1-3-9-18-12-5-4-8-16(10-12)15(17)14-7-6-13(19-14)11-20-2/h6-7,12H,3-5,8-11H2,1-2H3/t12-/m0/s1. The molecule has 1 aromatic rings. The predicted octanol–water partition coefficient (Wildman–Crippen LogP) is 3.17. The van der Waals surface area contributed by atoms with Crippen LogP contribution >= 0.6 is 11.8 Å². The minimum absolute atomic E-state index is 0.0119. The summed E-state index contributed by atoms with van der Waals surface area (Å²) in [6.07, 6.45) is 5.25. The number of furan rings is 1. The molecule has 112 valence electrons. The number of piperidine rings is 1. The molecule has 20 heavy (non-hydrogen) atoms. The molecule has 1 amide bonds. The van der Waals surface area contributed by atoms with Gasteiger partial charge in [0.05, 0.1) is 11.9 Å². The summed E-state index contributed by atoms with van der Waals surface area (Å²) in [4.78, 5) is 14.3. The van der Waals surface area contributed by atoms with E-state index < -0.39 is 0 Å². The van der Waals surface area contributed by atoms with Gasteiger partial charge in [-0.3, -0.25) is 4.79 Å². The van der Waals surface area contributed by atoms with Crippen LogP contribution in [0.15, 0.2) is 16.5 Å². The third kappa shape index (κ3) is 4.03. The van der Waals surface area contributed by atoms with Crippen molar-refractivity contribution in [2.75, 3.05) is 26.0 Å². The summed E-state index contributed by atoms with van der Waals surface area (Å²) in [6, 6.07) is 3.67. The highest BCUT2D eigenvalue weighted by Gasteiger charge is 2.26. The Morgan fingerprint density at radius 1 is 1.55 bits per heavy atom. The van der Waals surface area contributed by atoms with Gasteiger partial charge in [0.1, 0.15) is 5.76 Å². The second-order valence-corrected chi connectivity index (χ2v) is 5.95. The Kier molecular flexibility index (Phi) is 5.98. The molecule has 1 aromatic heterocycles. The maximum absolute atomic E-state index is 12.4. The van der Waals surface area contributed by atoms with Crippen LogP contribution in [0.5, 0.6) is 0 Å². The summed E-state index contributed by atoms with van der Waals surface area (Å²) in [5, 5.41) is 0. The van der Waals surface area contributed by atoms with E-state index >= 15 is 0 Å². The van der Waals surface area contributed by atoms with Crippen LogP contribution in [0.25, 0.3) is 0 Å². The van der Waals surface area contributed by atoms with Crippen LogP contribution in [-0.4, -0.2) is 42.9 Å². The number of likely N-dealkylation sites (tertiary alicyclic amines) is 1. The third-order valence-electron chi connectivity index (χ3n) is 3.38. The molecule has 0 aliphatic carbocycles. The van der Waals surface area contributed by atoms with E-state index in [0.29, 0.717) is 12.3 Å². The third-order valence-corrected chi connectivity index (χ3v) is 3.96. The Morgan fingerprint density at radius 3 is 3.15 bits per heavy atom. The van der Waals surface area contributed by atoms with E-state index in [4.69, 9.17) is 9.15 Å². The van der Waals surface area contributed by atoms with Crippen molar-refractivity contribution in [3.8, 4) is 0 Å².